The van der Waals surface area contributed by atoms with E-state index in [1.807, 2.05) is 13.0 Å². The summed E-state index contributed by atoms with van der Waals surface area (Å²) in [5, 5.41) is 22.5. The number of pyridine rings is 1. The largest absolute Gasteiger partial charge is 0.508 e. The fourth-order valence-corrected chi connectivity index (χ4v) is 1.91. The van der Waals surface area contributed by atoms with Gasteiger partial charge in [-0.1, -0.05) is 6.07 Å². The summed E-state index contributed by atoms with van der Waals surface area (Å²) in [6.07, 6.45) is 1.74. The van der Waals surface area contributed by atoms with Gasteiger partial charge in [0.25, 0.3) is 0 Å². The van der Waals surface area contributed by atoms with Crippen LogP contribution in [0.5, 0.6) is 17.4 Å². The Balaban J connectivity index is 2.00. The van der Waals surface area contributed by atoms with Gasteiger partial charge in [0.1, 0.15) is 11.5 Å². The van der Waals surface area contributed by atoms with Crippen molar-refractivity contribution in [3.8, 4) is 17.4 Å². The van der Waals surface area contributed by atoms with Crippen LogP contribution in [0.2, 0.25) is 0 Å². The number of phenols is 2. The van der Waals surface area contributed by atoms with Gasteiger partial charge >= 0.3 is 0 Å². The standard InChI is InChI=1S/C15H18N2O3/c1-10(13-7-12(18)4-5-14(13)19)16-8-11-3-6-15(20-2)17-9-11/h3-7,9-10,16,18-19H,8H2,1-2H3. The number of nitrogens with zero attached hydrogens (tertiary/aromatic N) is 1. The van der Waals surface area contributed by atoms with Gasteiger partial charge in [0.2, 0.25) is 5.88 Å². The van der Waals surface area contributed by atoms with E-state index in [0.29, 0.717) is 18.0 Å². The molecule has 0 amide bonds. The van der Waals surface area contributed by atoms with Gasteiger partial charge < -0.3 is 20.3 Å². The van der Waals surface area contributed by atoms with E-state index < -0.39 is 0 Å². The molecule has 0 fully saturated rings. The molecule has 1 atom stereocenters. The molecule has 1 unspecified atom stereocenters. The van der Waals surface area contributed by atoms with Crippen LogP contribution < -0.4 is 10.1 Å². The third-order valence-electron chi connectivity index (χ3n) is 3.10. The second-order valence-corrected chi connectivity index (χ2v) is 4.55. The minimum atomic E-state index is -0.0933. The zero-order valence-electron chi connectivity index (χ0n) is 11.5. The highest BCUT2D eigenvalue weighted by molar-refractivity contribution is 5.40. The SMILES string of the molecule is COc1ccc(CNC(C)c2cc(O)ccc2O)cn1. The summed E-state index contributed by atoms with van der Waals surface area (Å²) in [6, 6.07) is 8.13. The quantitative estimate of drug-likeness (QED) is 0.730. The lowest BCUT2D eigenvalue weighted by Crippen LogP contribution is -2.18. The fourth-order valence-electron chi connectivity index (χ4n) is 1.91. The summed E-state index contributed by atoms with van der Waals surface area (Å²) in [5.74, 6) is 0.876. The molecule has 2 aromatic rings. The molecule has 0 aliphatic heterocycles. The molecule has 0 radical (unpaired) electrons. The number of hydrogen-bond acceptors (Lipinski definition) is 5. The van der Waals surface area contributed by atoms with E-state index in [1.165, 1.54) is 12.1 Å². The molecule has 5 nitrogen and oxygen atoms in total. The van der Waals surface area contributed by atoms with E-state index in [4.69, 9.17) is 4.74 Å². The van der Waals surface area contributed by atoms with Crippen LogP contribution in [0.1, 0.15) is 24.1 Å². The van der Waals surface area contributed by atoms with Gasteiger partial charge in [0.05, 0.1) is 7.11 Å². The van der Waals surface area contributed by atoms with E-state index in [-0.39, 0.29) is 17.5 Å². The maximum absolute atomic E-state index is 9.79. The molecule has 2 rings (SSSR count). The van der Waals surface area contributed by atoms with Crippen LogP contribution >= 0.6 is 0 Å². The second-order valence-electron chi connectivity index (χ2n) is 4.55. The number of rotatable bonds is 5. The molecule has 0 aliphatic rings. The molecular formula is C15H18N2O3. The van der Waals surface area contributed by atoms with Gasteiger partial charge in [0, 0.05) is 30.4 Å². The summed E-state index contributed by atoms with van der Waals surface area (Å²) in [5.41, 5.74) is 1.67. The maximum atomic E-state index is 9.79. The fraction of sp³-hybridized carbons (Fsp3) is 0.267. The Morgan fingerprint density at radius 1 is 1.25 bits per heavy atom. The molecule has 106 valence electrons. The highest BCUT2D eigenvalue weighted by Crippen LogP contribution is 2.27. The number of phenolic OH excluding ortho intramolecular Hbond substituents is 2. The van der Waals surface area contributed by atoms with Gasteiger partial charge in [-0.05, 0) is 30.7 Å². The van der Waals surface area contributed by atoms with Crippen molar-refractivity contribution in [1.29, 1.82) is 0 Å². The summed E-state index contributed by atoms with van der Waals surface area (Å²) in [7, 11) is 1.58. The Bertz CT molecular complexity index is 570. The van der Waals surface area contributed by atoms with Gasteiger partial charge in [-0.25, -0.2) is 4.98 Å². The van der Waals surface area contributed by atoms with E-state index in [1.54, 1.807) is 25.4 Å². The summed E-state index contributed by atoms with van der Waals surface area (Å²) in [6.45, 7) is 2.53. The summed E-state index contributed by atoms with van der Waals surface area (Å²) < 4.78 is 5.00. The van der Waals surface area contributed by atoms with Gasteiger partial charge in [-0.2, -0.15) is 0 Å². The molecular weight excluding hydrogens is 256 g/mol. The zero-order chi connectivity index (χ0) is 14.5. The van der Waals surface area contributed by atoms with Crippen LogP contribution in [0.25, 0.3) is 0 Å². The summed E-state index contributed by atoms with van der Waals surface area (Å²) in [4.78, 5) is 4.13. The molecule has 0 saturated carbocycles. The molecule has 20 heavy (non-hydrogen) atoms. The molecule has 0 saturated heterocycles. The van der Waals surface area contributed by atoms with Crippen molar-refractivity contribution in [3.05, 3.63) is 47.7 Å². The number of benzene rings is 1. The minimum absolute atomic E-state index is 0.0933. The van der Waals surface area contributed by atoms with Crippen molar-refractivity contribution >= 4 is 0 Å². The average molecular weight is 274 g/mol. The van der Waals surface area contributed by atoms with Gasteiger partial charge in [-0.15, -0.1) is 0 Å². The first-order valence-electron chi connectivity index (χ1n) is 6.34. The molecule has 5 heteroatoms. The smallest absolute Gasteiger partial charge is 0.212 e. The molecule has 0 bridgehead atoms. The number of ether oxygens (including phenoxy) is 1. The van der Waals surface area contributed by atoms with E-state index >= 15 is 0 Å². The van der Waals surface area contributed by atoms with Crippen molar-refractivity contribution < 1.29 is 14.9 Å². The Kier molecular flexibility index (Phi) is 4.42. The third-order valence-corrected chi connectivity index (χ3v) is 3.10. The first-order chi connectivity index (χ1) is 9.60. The number of aromatic nitrogens is 1. The normalized spacial score (nSPS) is 12.1. The van der Waals surface area contributed by atoms with E-state index in [9.17, 15) is 10.2 Å². The Morgan fingerprint density at radius 2 is 2.05 bits per heavy atom. The first kappa shape index (κ1) is 14.1. The zero-order valence-corrected chi connectivity index (χ0v) is 11.5. The third kappa shape index (κ3) is 3.39. The lowest BCUT2D eigenvalue weighted by molar-refractivity contribution is 0.397. The van der Waals surface area contributed by atoms with Crippen LogP contribution in [0.15, 0.2) is 36.5 Å². The topological polar surface area (TPSA) is 74.6 Å². The molecule has 1 heterocycles. The van der Waals surface area contributed by atoms with Gasteiger partial charge in [-0.3, -0.25) is 0 Å². The lowest BCUT2D eigenvalue weighted by Gasteiger charge is -2.16. The molecule has 1 aromatic heterocycles. The molecule has 0 aliphatic carbocycles. The molecule has 3 N–H and O–H groups in total. The van der Waals surface area contributed by atoms with Crippen molar-refractivity contribution in [2.24, 2.45) is 0 Å². The van der Waals surface area contributed by atoms with Crippen LogP contribution in [0, 0.1) is 0 Å². The Morgan fingerprint density at radius 3 is 2.70 bits per heavy atom. The molecule has 0 spiro atoms. The monoisotopic (exact) mass is 274 g/mol. The van der Waals surface area contributed by atoms with Crippen molar-refractivity contribution in [2.75, 3.05) is 7.11 Å². The van der Waals surface area contributed by atoms with E-state index in [2.05, 4.69) is 10.3 Å². The predicted octanol–water partition coefficient (Wildman–Crippen LogP) is 2.35. The Labute approximate surface area is 117 Å². The number of hydrogen-bond donors (Lipinski definition) is 3. The van der Waals surface area contributed by atoms with Crippen LogP contribution in [0.3, 0.4) is 0 Å². The highest BCUT2D eigenvalue weighted by Gasteiger charge is 2.10. The van der Waals surface area contributed by atoms with Crippen molar-refractivity contribution in [1.82, 2.24) is 10.3 Å². The number of aromatic hydroxyl groups is 2. The predicted molar refractivity (Wildman–Crippen MR) is 75.8 cm³/mol. The van der Waals surface area contributed by atoms with Crippen LogP contribution in [0.4, 0.5) is 0 Å². The van der Waals surface area contributed by atoms with Crippen LogP contribution in [-0.4, -0.2) is 22.3 Å². The van der Waals surface area contributed by atoms with E-state index in [0.717, 1.165) is 5.56 Å². The van der Waals surface area contributed by atoms with Crippen molar-refractivity contribution in [2.45, 2.75) is 19.5 Å². The Hall–Kier alpha value is -2.27. The number of nitrogens with one attached hydrogen (secondary N) is 1. The highest BCUT2D eigenvalue weighted by atomic mass is 16.5. The first-order valence-corrected chi connectivity index (χ1v) is 6.34. The maximum Gasteiger partial charge on any atom is 0.212 e. The second kappa shape index (κ2) is 6.25. The minimum Gasteiger partial charge on any atom is -0.508 e. The lowest BCUT2D eigenvalue weighted by atomic mass is 10.1. The number of methoxy groups -OCH3 is 1. The summed E-state index contributed by atoms with van der Waals surface area (Å²) >= 11 is 0. The van der Waals surface area contributed by atoms with Crippen molar-refractivity contribution in [3.63, 3.8) is 0 Å². The molecule has 1 aromatic carbocycles. The van der Waals surface area contributed by atoms with Gasteiger partial charge in [0.15, 0.2) is 0 Å². The van der Waals surface area contributed by atoms with Crippen LogP contribution in [-0.2, 0) is 6.54 Å². The average Bonchev–Trinajstić information content (AvgIpc) is 2.47.